The average molecular weight is 228 g/mol. The molecule has 0 aromatic carbocycles. The smallest absolute Gasteiger partial charge is 0.307 e. The Morgan fingerprint density at radius 1 is 1.24 bits per heavy atom. The van der Waals surface area contributed by atoms with Gasteiger partial charge >= 0.3 is 5.97 Å². The van der Waals surface area contributed by atoms with Crippen molar-refractivity contribution in [3.63, 3.8) is 0 Å². The third-order valence-electron chi connectivity index (χ3n) is 4.34. The van der Waals surface area contributed by atoms with Crippen molar-refractivity contribution in [2.24, 2.45) is 11.8 Å². The van der Waals surface area contributed by atoms with Crippen molar-refractivity contribution in [2.45, 2.75) is 24.9 Å². The fourth-order valence-electron chi connectivity index (χ4n) is 3.67. The average Bonchev–Trinajstić information content (AvgIpc) is 2.99. The Bertz CT molecular complexity index is 538. The van der Waals surface area contributed by atoms with Crippen LogP contribution in [0.5, 0.6) is 0 Å². The molecule has 0 N–H and O–H groups in total. The topological polar surface area (TPSA) is 43.4 Å². The maximum absolute atomic E-state index is 12.0. The van der Waals surface area contributed by atoms with Gasteiger partial charge in [-0.3, -0.25) is 9.59 Å². The maximum Gasteiger partial charge on any atom is 0.307 e. The van der Waals surface area contributed by atoms with Crippen LogP contribution in [0, 0.1) is 11.8 Å². The fourth-order valence-corrected chi connectivity index (χ4v) is 3.67. The van der Waals surface area contributed by atoms with Crippen LogP contribution in [-0.4, -0.2) is 17.4 Å². The molecule has 0 saturated carbocycles. The molecule has 1 heterocycles. The van der Waals surface area contributed by atoms with Crippen LogP contribution in [0.4, 0.5) is 0 Å². The van der Waals surface area contributed by atoms with Gasteiger partial charge in [-0.05, 0) is 24.1 Å². The number of esters is 1. The summed E-state index contributed by atoms with van der Waals surface area (Å²) in [5.41, 5.74) is 1.38. The number of fused-ring (bicyclic) bond motifs is 5. The number of hydrogen-bond acceptors (Lipinski definition) is 3. The Morgan fingerprint density at radius 2 is 2.06 bits per heavy atom. The molecule has 0 aromatic heterocycles. The fraction of sp³-hybridized carbons (Fsp3) is 0.429. The van der Waals surface area contributed by atoms with E-state index >= 15 is 0 Å². The molecule has 4 aliphatic rings. The number of allylic oxidation sites excluding steroid dienone is 4. The highest BCUT2D eigenvalue weighted by atomic mass is 16.6. The second-order valence-electron chi connectivity index (χ2n) is 5.22. The van der Waals surface area contributed by atoms with Crippen LogP contribution in [-0.2, 0) is 14.3 Å². The number of carbonyl (C=O) groups is 2. The molecular formula is C14H12O3. The van der Waals surface area contributed by atoms with E-state index in [1.165, 1.54) is 0 Å². The van der Waals surface area contributed by atoms with E-state index in [-0.39, 0.29) is 17.7 Å². The zero-order chi connectivity index (χ0) is 11.6. The number of ether oxygens (including phenoxy) is 1. The molecule has 1 spiro atoms. The van der Waals surface area contributed by atoms with Crippen LogP contribution in [0.15, 0.2) is 35.5 Å². The summed E-state index contributed by atoms with van der Waals surface area (Å²) >= 11 is 0. The zero-order valence-corrected chi connectivity index (χ0v) is 9.31. The highest BCUT2D eigenvalue weighted by molar-refractivity contribution is 6.08. The van der Waals surface area contributed by atoms with Gasteiger partial charge in [-0.2, -0.15) is 0 Å². The molecular weight excluding hydrogens is 216 g/mol. The van der Waals surface area contributed by atoms with Crippen LogP contribution in [0.2, 0.25) is 0 Å². The first kappa shape index (κ1) is 9.40. The van der Waals surface area contributed by atoms with Gasteiger partial charge in [0.25, 0.3) is 0 Å². The summed E-state index contributed by atoms with van der Waals surface area (Å²) in [6, 6.07) is 0. The quantitative estimate of drug-likeness (QED) is 0.468. The molecule has 3 heteroatoms. The minimum Gasteiger partial charge on any atom is -0.450 e. The van der Waals surface area contributed by atoms with Gasteiger partial charge in [0.2, 0.25) is 0 Å². The van der Waals surface area contributed by atoms with Gasteiger partial charge in [0.1, 0.15) is 0 Å². The summed E-state index contributed by atoms with van der Waals surface area (Å²) in [4.78, 5) is 23.4. The molecule has 2 bridgehead atoms. The van der Waals surface area contributed by atoms with Crippen molar-refractivity contribution in [1.29, 1.82) is 0 Å². The number of rotatable bonds is 0. The molecule has 0 unspecified atom stereocenters. The molecule has 1 aliphatic heterocycles. The summed E-state index contributed by atoms with van der Waals surface area (Å²) in [6.07, 6.45) is 9.79. The van der Waals surface area contributed by atoms with E-state index in [1.807, 2.05) is 0 Å². The first-order valence-electron chi connectivity index (χ1n) is 6.08. The molecule has 4 rings (SSSR count). The van der Waals surface area contributed by atoms with Gasteiger partial charge in [0.05, 0.1) is 6.42 Å². The molecule has 3 aliphatic carbocycles. The Morgan fingerprint density at radius 3 is 2.82 bits per heavy atom. The van der Waals surface area contributed by atoms with E-state index in [2.05, 4.69) is 12.2 Å². The van der Waals surface area contributed by atoms with Crippen molar-refractivity contribution >= 4 is 11.8 Å². The number of ketones is 1. The summed E-state index contributed by atoms with van der Waals surface area (Å²) < 4.78 is 5.53. The summed E-state index contributed by atoms with van der Waals surface area (Å²) in [5, 5.41) is 0. The van der Waals surface area contributed by atoms with Gasteiger partial charge in [-0.15, -0.1) is 0 Å². The third-order valence-corrected chi connectivity index (χ3v) is 4.34. The van der Waals surface area contributed by atoms with E-state index in [0.29, 0.717) is 18.8 Å². The summed E-state index contributed by atoms with van der Waals surface area (Å²) in [7, 11) is 0. The SMILES string of the molecule is O=C1CC[C@]2(C=CC(=O)C3=C2[C@H]2C=C[C@@H]3C2)O1. The van der Waals surface area contributed by atoms with Gasteiger partial charge in [-0.25, -0.2) is 0 Å². The normalized spacial score (nSPS) is 41.6. The molecule has 3 nitrogen and oxygen atoms in total. The van der Waals surface area contributed by atoms with E-state index in [9.17, 15) is 9.59 Å². The van der Waals surface area contributed by atoms with Crippen LogP contribution in [0.3, 0.4) is 0 Å². The molecule has 1 fully saturated rings. The minimum atomic E-state index is -0.593. The summed E-state index contributed by atoms with van der Waals surface area (Å²) in [6.45, 7) is 0. The van der Waals surface area contributed by atoms with E-state index in [0.717, 1.165) is 17.6 Å². The van der Waals surface area contributed by atoms with Crippen molar-refractivity contribution in [1.82, 2.24) is 0 Å². The zero-order valence-electron chi connectivity index (χ0n) is 9.31. The molecule has 3 atom stereocenters. The van der Waals surface area contributed by atoms with Crippen LogP contribution in [0.25, 0.3) is 0 Å². The molecule has 0 radical (unpaired) electrons. The lowest BCUT2D eigenvalue weighted by atomic mass is 9.77. The van der Waals surface area contributed by atoms with Crippen molar-refractivity contribution in [3.05, 3.63) is 35.5 Å². The molecule has 1 saturated heterocycles. The molecule has 0 aromatic rings. The van der Waals surface area contributed by atoms with Gasteiger partial charge in [0, 0.05) is 23.8 Å². The molecule has 0 amide bonds. The first-order chi connectivity index (χ1) is 8.20. The summed E-state index contributed by atoms with van der Waals surface area (Å²) in [5.74, 6) is 0.506. The highest BCUT2D eigenvalue weighted by Gasteiger charge is 2.53. The van der Waals surface area contributed by atoms with Crippen LogP contribution in [0.1, 0.15) is 19.3 Å². The van der Waals surface area contributed by atoms with Crippen LogP contribution < -0.4 is 0 Å². The number of carbonyl (C=O) groups excluding carboxylic acids is 2. The van der Waals surface area contributed by atoms with Crippen molar-refractivity contribution < 1.29 is 14.3 Å². The lowest BCUT2D eigenvalue weighted by molar-refractivity contribution is -0.144. The third kappa shape index (κ3) is 1.02. The van der Waals surface area contributed by atoms with Crippen molar-refractivity contribution in [3.8, 4) is 0 Å². The monoisotopic (exact) mass is 228 g/mol. The Hall–Kier alpha value is -1.64. The predicted molar refractivity (Wildman–Crippen MR) is 60.0 cm³/mol. The van der Waals surface area contributed by atoms with Crippen LogP contribution >= 0.6 is 0 Å². The number of hydrogen-bond donors (Lipinski definition) is 0. The Labute approximate surface area is 98.8 Å². The van der Waals surface area contributed by atoms with E-state index < -0.39 is 5.60 Å². The molecule has 17 heavy (non-hydrogen) atoms. The van der Waals surface area contributed by atoms with E-state index in [4.69, 9.17) is 4.74 Å². The van der Waals surface area contributed by atoms with Crippen molar-refractivity contribution in [2.75, 3.05) is 0 Å². The van der Waals surface area contributed by atoms with Gasteiger partial charge in [0.15, 0.2) is 11.4 Å². The largest absolute Gasteiger partial charge is 0.450 e. The van der Waals surface area contributed by atoms with E-state index in [1.54, 1.807) is 12.2 Å². The minimum absolute atomic E-state index is 0.102. The Kier molecular flexibility index (Phi) is 1.54. The highest BCUT2D eigenvalue weighted by Crippen LogP contribution is 2.54. The lowest BCUT2D eigenvalue weighted by Gasteiger charge is -2.33. The lowest BCUT2D eigenvalue weighted by Crippen LogP contribution is -2.35. The first-order valence-corrected chi connectivity index (χ1v) is 6.08. The maximum atomic E-state index is 12.0. The standard InChI is InChI=1S/C14H12O3/c15-10-3-5-14(6-4-11(16)17-14)13-9-2-1-8(7-9)12(10)13/h1-3,5,8-9H,4,6-7H2/t8-,9+,14+/m1/s1. The predicted octanol–water partition coefficient (Wildman–Crippen LogP) is 1.70. The second kappa shape index (κ2) is 2.78. The van der Waals surface area contributed by atoms with Gasteiger partial charge < -0.3 is 4.74 Å². The second-order valence-corrected chi connectivity index (χ2v) is 5.22. The molecule has 86 valence electrons. The van der Waals surface area contributed by atoms with Gasteiger partial charge in [-0.1, -0.05) is 12.2 Å². The Balaban J connectivity index is 1.89.